The van der Waals surface area contributed by atoms with Crippen LogP contribution in [0.3, 0.4) is 0 Å². The number of hydrogen-bond donors (Lipinski definition) is 3. The summed E-state index contributed by atoms with van der Waals surface area (Å²) in [6.45, 7) is 5.17. The van der Waals surface area contributed by atoms with Crippen LogP contribution in [0.1, 0.15) is 30.6 Å². The number of amides is 1. The first-order valence-electron chi connectivity index (χ1n) is 10.6. The normalized spacial score (nSPS) is 17.8. The summed E-state index contributed by atoms with van der Waals surface area (Å²) in [5.74, 6) is 1.12. The number of aromatic nitrogens is 1. The zero-order valence-electron chi connectivity index (χ0n) is 17.5. The highest BCUT2D eigenvalue weighted by molar-refractivity contribution is 5.81. The van der Waals surface area contributed by atoms with Crippen molar-refractivity contribution in [3.8, 4) is 0 Å². The molecule has 1 aliphatic rings. The SMILES string of the molecule is CCNC(=NCC(O)c1ccncc1)NCC1CC(=O)N(CCc2ccccc2)C1. The van der Waals surface area contributed by atoms with E-state index in [2.05, 4.69) is 32.7 Å². The van der Waals surface area contributed by atoms with E-state index in [1.807, 2.05) is 30.0 Å². The van der Waals surface area contributed by atoms with Gasteiger partial charge in [0, 0.05) is 50.9 Å². The molecule has 1 saturated heterocycles. The van der Waals surface area contributed by atoms with Gasteiger partial charge in [-0.2, -0.15) is 0 Å². The fourth-order valence-electron chi connectivity index (χ4n) is 3.57. The third kappa shape index (κ3) is 6.56. The van der Waals surface area contributed by atoms with Crippen molar-refractivity contribution in [2.24, 2.45) is 10.9 Å². The third-order valence-electron chi connectivity index (χ3n) is 5.22. The van der Waals surface area contributed by atoms with Crippen LogP contribution in [-0.2, 0) is 11.2 Å². The van der Waals surface area contributed by atoms with Gasteiger partial charge in [0.25, 0.3) is 0 Å². The Labute approximate surface area is 178 Å². The molecule has 2 heterocycles. The minimum Gasteiger partial charge on any atom is -0.386 e. The maximum atomic E-state index is 12.4. The second-order valence-electron chi connectivity index (χ2n) is 7.54. The molecule has 1 amide bonds. The number of guanidine groups is 1. The Hall–Kier alpha value is -2.93. The van der Waals surface area contributed by atoms with Crippen molar-refractivity contribution in [2.45, 2.75) is 25.9 Å². The van der Waals surface area contributed by atoms with Crippen molar-refractivity contribution >= 4 is 11.9 Å². The van der Waals surface area contributed by atoms with E-state index in [4.69, 9.17) is 0 Å². The summed E-state index contributed by atoms with van der Waals surface area (Å²) in [5.41, 5.74) is 2.04. The molecule has 0 bridgehead atoms. The quantitative estimate of drug-likeness (QED) is 0.434. The van der Waals surface area contributed by atoms with Crippen LogP contribution >= 0.6 is 0 Å². The van der Waals surface area contributed by atoms with Crippen LogP contribution in [0.25, 0.3) is 0 Å². The van der Waals surface area contributed by atoms with E-state index in [0.29, 0.717) is 18.9 Å². The summed E-state index contributed by atoms with van der Waals surface area (Å²) in [6, 6.07) is 13.8. The lowest BCUT2D eigenvalue weighted by atomic mass is 10.1. The standard InChI is InChI=1S/C23H31N5O2/c1-2-25-23(27-16-21(29)20-8-11-24-12-9-20)26-15-19-14-22(30)28(17-19)13-10-18-6-4-3-5-7-18/h3-9,11-12,19,21,29H,2,10,13-17H2,1H3,(H2,25,26,27). The Kier molecular flexibility index (Phi) is 8.20. The molecule has 2 atom stereocenters. The summed E-state index contributed by atoms with van der Waals surface area (Å²) in [7, 11) is 0. The number of carbonyl (C=O) groups is 1. The van der Waals surface area contributed by atoms with Crippen molar-refractivity contribution in [3.05, 3.63) is 66.0 Å². The van der Waals surface area contributed by atoms with Crippen LogP contribution in [0.15, 0.2) is 59.9 Å². The molecule has 0 radical (unpaired) electrons. The molecule has 1 aromatic heterocycles. The lowest BCUT2D eigenvalue weighted by Crippen LogP contribution is -2.40. The zero-order chi connectivity index (χ0) is 21.2. The lowest BCUT2D eigenvalue weighted by Gasteiger charge is -2.18. The molecular weight excluding hydrogens is 378 g/mol. The molecule has 1 aliphatic heterocycles. The molecule has 3 rings (SSSR count). The first-order chi connectivity index (χ1) is 14.7. The Balaban J connectivity index is 1.46. The number of carbonyl (C=O) groups excluding carboxylic acids is 1. The predicted molar refractivity (Wildman–Crippen MR) is 118 cm³/mol. The second kappa shape index (κ2) is 11.3. The molecule has 3 N–H and O–H groups in total. The second-order valence-corrected chi connectivity index (χ2v) is 7.54. The molecule has 7 heteroatoms. The van der Waals surface area contributed by atoms with Gasteiger partial charge in [-0.1, -0.05) is 30.3 Å². The molecule has 30 heavy (non-hydrogen) atoms. The largest absolute Gasteiger partial charge is 0.386 e. The van der Waals surface area contributed by atoms with Crippen LogP contribution in [-0.4, -0.2) is 59.6 Å². The van der Waals surface area contributed by atoms with Gasteiger partial charge in [0.1, 0.15) is 0 Å². The van der Waals surface area contributed by atoms with Gasteiger partial charge >= 0.3 is 0 Å². The summed E-state index contributed by atoms with van der Waals surface area (Å²) in [5, 5.41) is 16.8. The van der Waals surface area contributed by atoms with E-state index in [0.717, 1.165) is 31.6 Å². The Morgan fingerprint density at radius 2 is 2.00 bits per heavy atom. The third-order valence-corrected chi connectivity index (χ3v) is 5.22. The Bertz CT molecular complexity index is 813. The predicted octanol–water partition coefficient (Wildman–Crippen LogP) is 1.76. The van der Waals surface area contributed by atoms with Crippen LogP contribution in [0.4, 0.5) is 0 Å². The number of nitrogens with one attached hydrogen (secondary N) is 2. The number of pyridine rings is 1. The van der Waals surface area contributed by atoms with Gasteiger partial charge in [0.15, 0.2) is 5.96 Å². The van der Waals surface area contributed by atoms with Crippen LogP contribution in [0, 0.1) is 5.92 Å². The number of nitrogens with zero attached hydrogens (tertiary/aromatic N) is 3. The molecule has 0 saturated carbocycles. The number of likely N-dealkylation sites (tertiary alicyclic amines) is 1. The average molecular weight is 410 g/mol. The maximum absolute atomic E-state index is 12.4. The highest BCUT2D eigenvalue weighted by Gasteiger charge is 2.29. The molecule has 0 spiro atoms. The van der Waals surface area contributed by atoms with E-state index < -0.39 is 6.10 Å². The highest BCUT2D eigenvalue weighted by Crippen LogP contribution is 2.18. The maximum Gasteiger partial charge on any atom is 0.223 e. The summed E-state index contributed by atoms with van der Waals surface area (Å²) >= 11 is 0. The summed E-state index contributed by atoms with van der Waals surface area (Å²) in [4.78, 5) is 22.8. The van der Waals surface area contributed by atoms with Crippen molar-refractivity contribution in [3.63, 3.8) is 0 Å². The van der Waals surface area contributed by atoms with Gasteiger partial charge in [0.2, 0.25) is 5.91 Å². The number of aliphatic hydroxyl groups excluding tert-OH is 1. The number of benzene rings is 1. The number of hydrogen-bond acceptors (Lipinski definition) is 4. The van der Waals surface area contributed by atoms with Gasteiger partial charge in [0.05, 0.1) is 12.6 Å². The van der Waals surface area contributed by atoms with Gasteiger partial charge < -0.3 is 20.6 Å². The topological polar surface area (TPSA) is 89.9 Å². The molecule has 0 aliphatic carbocycles. The monoisotopic (exact) mass is 409 g/mol. The molecule has 1 aromatic carbocycles. The molecule has 2 aromatic rings. The minimum absolute atomic E-state index is 0.216. The number of aliphatic hydroxyl groups is 1. The van der Waals surface area contributed by atoms with Crippen LogP contribution in [0.5, 0.6) is 0 Å². The van der Waals surface area contributed by atoms with Gasteiger partial charge in [-0.3, -0.25) is 14.8 Å². The van der Waals surface area contributed by atoms with E-state index >= 15 is 0 Å². The minimum atomic E-state index is -0.676. The smallest absolute Gasteiger partial charge is 0.223 e. The molecule has 7 nitrogen and oxygen atoms in total. The van der Waals surface area contributed by atoms with Crippen LogP contribution < -0.4 is 10.6 Å². The fraction of sp³-hybridized carbons (Fsp3) is 0.435. The lowest BCUT2D eigenvalue weighted by molar-refractivity contribution is -0.127. The number of rotatable bonds is 9. The van der Waals surface area contributed by atoms with Gasteiger partial charge in [-0.05, 0) is 36.6 Å². The summed E-state index contributed by atoms with van der Waals surface area (Å²) < 4.78 is 0. The summed E-state index contributed by atoms with van der Waals surface area (Å²) in [6.07, 6.45) is 4.08. The van der Waals surface area contributed by atoms with E-state index in [1.54, 1.807) is 24.5 Å². The Morgan fingerprint density at radius 1 is 1.23 bits per heavy atom. The first-order valence-corrected chi connectivity index (χ1v) is 10.6. The van der Waals surface area contributed by atoms with E-state index in [-0.39, 0.29) is 18.4 Å². The van der Waals surface area contributed by atoms with Gasteiger partial charge in [-0.25, -0.2) is 0 Å². The van der Waals surface area contributed by atoms with Crippen LogP contribution in [0.2, 0.25) is 0 Å². The number of aliphatic imine (C=N–C) groups is 1. The first kappa shape index (κ1) is 21.8. The fourth-order valence-corrected chi connectivity index (χ4v) is 3.57. The van der Waals surface area contributed by atoms with Gasteiger partial charge in [-0.15, -0.1) is 0 Å². The molecular formula is C23H31N5O2. The molecule has 160 valence electrons. The van der Waals surface area contributed by atoms with Crippen molar-refractivity contribution in [2.75, 3.05) is 32.7 Å². The van der Waals surface area contributed by atoms with Crippen molar-refractivity contribution < 1.29 is 9.90 Å². The zero-order valence-corrected chi connectivity index (χ0v) is 17.5. The van der Waals surface area contributed by atoms with E-state index in [9.17, 15) is 9.90 Å². The Morgan fingerprint density at radius 3 is 2.73 bits per heavy atom. The van der Waals surface area contributed by atoms with E-state index in [1.165, 1.54) is 5.56 Å². The van der Waals surface area contributed by atoms with Crippen molar-refractivity contribution in [1.29, 1.82) is 0 Å². The average Bonchev–Trinajstić information content (AvgIpc) is 3.14. The molecule has 1 fully saturated rings. The highest BCUT2D eigenvalue weighted by atomic mass is 16.3. The van der Waals surface area contributed by atoms with Crippen molar-refractivity contribution in [1.82, 2.24) is 20.5 Å². The molecule has 2 unspecified atom stereocenters.